The van der Waals surface area contributed by atoms with Crippen LogP contribution in [0, 0.1) is 6.92 Å². The van der Waals surface area contributed by atoms with E-state index >= 15 is 0 Å². The minimum atomic E-state index is -0.721. The zero-order chi connectivity index (χ0) is 10.1. The molecule has 1 aromatic heterocycles. The number of hydrogen-bond acceptors (Lipinski definition) is 3. The fraction of sp³-hybridized carbons (Fsp3) is 0.444. The second kappa shape index (κ2) is 3.74. The summed E-state index contributed by atoms with van der Waals surface area (Å²) in [7, 11) is 0. The molecule has 3 N–H and O–H groups in total. The third-order valence-electron chi connectivity index (χ3n) is 2.10. The van der Waals surface area contributed by atoms with Gasteiger partial charge in [0.05, 0.1) is 12.1 Å². The Labute approximate surface area is 86.1 Å². The molecule has 0 saturated heterocycles. The van der Waals surface area contributed by atoms with E-state index in [9.17, 15) is 0 Å². The van der Waals surface area contributed by atoms with Crippen molar-refractivity contribution < 1.29 is 5.11 Å². The molecular weight excluding hydrogens is 232 g/mol. The van der Waals surface area contributed by atoms with Gasteiger partial charge in [-0.1, -0.05) is 0 Å². The van der Waals surface area contributed by atoms with Crippen LogP contribution in [0.2, 0.25) is 0 Å². The van der Waals surface area contributed by atoms with Crippen LogP contribution in [0.1, 0.15) is 18.1 Å². The maximum atomic E-state index is 9.09. The number of nitrogens with zero attached hydrogens (tertiary/aromatic N) is 1. The highest BCUT2D eigenvalue weighted by molar-refractivity contribution is 9.10. The summed E-state index contributed by atoms with van der Waals surface area (Å²) in [6.07, 6.45) is 3.41. The highest BCUT2D eigenvalue weighted by atomic mass is 79.9. The second-order valence-corrected chi connectivity index (χ2v) is 4.22. The zero-order valence-corrected chi connectivity index (χ0v) is 9.30. The largest absolute Gasteiger partial charge is 0.394 e. The van der Waals surface area contributed by atoms with Gasteiger partial charge in [0.25, 0.3) is 0 Å². The summed E-state index contributed by atoms with van der Waals surface area (Å²) in [5.41, 5.74) is 7.06. The molecule has 0 aliphatic heterocycles. The molecule has 0 aromatic carbocycles. The van der Waals surface area contributed by atoms with E-state index in [1.807, 2.05) is 6.92 Å². The predicted octanol–water partition coefficient (Wildman–Crippen LogP) is 1.32. The summed E-state index contributed by atoms with van der Waals surface area (Å²) in [6, 6.07) is 0. The van der Waals surface area contributed by atoms with Crippen LogP contribution in [0.4, 0.5) is 0 Å². The first-order chi connectivity index (χ1) is 5.99. The molecule has 0 saturated carbocycles. The molecule has 0 aliphatic carbocycles. The molecule has 0 fully saturated rings. The highest BCUT2D eigenvalue weighted by Gasteiger charge is 2.23. The summed E-state index contributed by atoms with van der Waals surface area (Å²) < 4.78 is 0.912. The fourth-order valence-corrected chi connectivity index (χ4v) is 1.49. The van der Waals surface area contributed by atoms with E-state index in [4.69, 9.17) is 10.8 Å². The molecule has 1 rings (SSSR count). The number of halogens is 1. The molecular formula is C9H13BrN2O. The smallest absolute Gasteiger partial charge is 0.0651 e. The van der Waals surface area contributed by atoms with Gasteiger partial charge in [-0.15, -0.1) is 0 Å². The summed E-state index contributed by atoms with van der Waals surface area (Å²) >= 11 is 3.37. The first-order valence-corrected chi connectivity index (χ1v) is 4.78. The molecule has 3 nitrogen and oxygen atoms in total. The topological polar surface area (TPSA) is 59.1 Å². The lowest BCUT2D eigenvalue weighted by Crippen LogP contribution is -2.37. The number of aliphatic hydroxyl groups excluding tert-OH is 1. The van der Waals surface area contributed by atoms with Crippen LogP contribution in [0.3, 0.4) is 0 Å². The predicted molar refractivity (Wildman–Crippen MR) is 55.3 cm³/mol. The van der Waals surface area contributed by atoms with E-state index in [-0.39, 0.29) is 6.61 Å². The van der Waals surface area contributed by atoms with Crippen LogP contribution in [-0.2, 0) is 5.54 Å². The van der Waals surface area contributed by atoms with Gasteiger partial charge in [-0.3, -0.25) is 4.98 Å². The fourth-order valence-electron chi connectivity index (χ4n) is 1.16. The molecule has 0 radical (unpaired) electrons. The molecule has 1 atom stereocenters. The standard InChI is InChI=1S/C9H13BrN2O/c1-6-7(9(2,11)5-13)3-12-4-8(6)10/h3-4,13H,5,11H2,1-2H3/t9-/m0/s1. The molecule has 4 heteroatoms. The van der Waals surface area contributed by atoms with E-state index in [1.54, 1.807) is 19.3 Å². The molecule has 0 bridgehead atoms. The first-order valence-electron chi connectivity index (χ1n) is 3.99. The minimum absolute atomic E-state index is 0.0913. The van der Waals surface area contributed by atoms with Gasteiger partial charge in [0, 0.05) is 16.9 Å². The molecule has 0 amide bonds. The van der Waals surface area contributed by atoms with Gasteiger partial charge in [0.2, 0.25) is 0 Å². The Morgan fingerprint density at radius 2 is 2.23 bits per heavy atom. The molecule has 1 aromatic rings. The third-order valence-corrected chi connectivity index (χ3v) is 2.90. The molecule has 0 aliphatic rings. The number of hydrogen-bond donors (Lipinski definition) is 2. The van der Waals surface area contributed by atoms with Crippen molar-refractivity contribution in [3.05, 3.63) is 28.0 Å². The normalized spacial score (nSPS) is 15.5. The molecule has 13 heavy (non-hydrogen) atoms. The van der Waals surface area contributed by atoms with Gasteiger partial charge in [0.1, 0.15) is 0 Å². The Kier molecular flexibility index (Phi) is 3.05. The summed E-state index contributed by atoms with van der Waals surface area (Å²) in [5.74, 6) is 0. The number of aromatic nitrogens is 1. The van der Waals surface area contributed by atoms with Gasteiger partial charge < -0.3 is 10.8 Å². The van der Waals surface area contributed by atoms with E-state index in [2.05, 4.69) is 20.9 Å². The van der Waals surface area contributed by atoms with Gasteiger partial charge in [-0.25, -0.2) is 0 Å². The molecule has 0 spiro atoms. The van der Waals surface area contributed by atoms with Gasteiger partial charge in [-0.2, -0.15) is 0 Å². The average Bonchev–Trinajstić information content (AvgIpc) is 2.09. The molecule has 1 heterocycles. The second-order valence-electron chi connectivity index (χ2n) is 3.37. The van der Waals surface area contributed by atoms with Crippen molar-refractivity contribution in [3.8, 4) is 0 Å². The Balaban J connectivity index is 3.22. The van der Waals surface area contributed by atoms with Gasteiger partial charge in [0.15, 0.2) is 0 Å². The van der Waals surface area contributed by atoms with Crippen molar-refractivity contribution in [1.82, 2.24) is 4.98 Å². The van der Waals surface area contributed by atoms with E-state index < -0.39 is 5.54 Å². The van der Waals surface area contributed by atoms with E-state index in [1.165, 1.54) is 0 Å². The van der Waals surface area contributed by atoms with Crippen molar-refractivity contribution >= 4 is 15.9 Å². The Hall–Kier alpha value is -0.450. The van der Waals surface area contributed by atoms with Crippen LogP contribution in [0.15, 0.2) is 16.9 Å². The van der Waals surface area contributed by atoms with Crippen molar-refractivity contribution in [2.45, 2.75) is 19.4 Å². The SMILES string of the molecule is Cc1c(Br)cncc1[C@@](C)(N)CO. The third kappa shape index (κ3) is 2.07. The summed E-state index contributed by atoms with van der Waals surface area (Å²) in [5, 5.41) is 9.09. The summed E-state index contributed by atoms with van der Waals surface area (Å²) in [4.78, 5) is 4.02. The van der Waals surface area contributed by atoms with Crippen LogP contribution in [0.25, 0.3) is 0 Å². The van der Waals surface area contributed by atoms with Crippen molar-refractivity contribution in [2.75, 3.05) is 6.61 Å². The van der Waals surface area contributed by atoms with Crippen molar-refractivity contribution in [3.63, 3.8) is 0 Å². The lowest BCUT2D eigenvalue weighted by Gasteiger charge is -2.24. The minimum Gasteiger partial charge on any atom is -0.394 e. The highest BCUT2D eigenvalue weighted by Crippen LogP contribution is 2.25. The number of rotatable bonds is 2. The van der Waals surface area contributed by atoms with E-state index in [0.29, 0.717) is 0 Å². The first kappa shape index (κ1) is 10.6. The average molecular weight is 245 g/mol. The molecule has 72 valence electrons. The Morgan fingerprint density at radius 3 is 2.77 bits per heavy atom. The Bertz CT molecular complexity index is 312. The maximum Gasteiger partial charge on any atom is 0.0651 e. The maximum absolute atomic E-state index is 9.09. The Morgan fingerprint density at radius 1 is 1.62 bits per heavy atom. The monoisotopic (exact) mass is 244 g/mol. The number of nitrogens with two attached hydrogens (primary N) is 1. The van der Waals surface area contributed by atoms with Crippen LogP contribution in [0.5, 0.6) is 0 Å². The molecule has 0 unspecified atom stereocenters. The van der Waals surface area contributed by atoms with Crippen LogP contribution in [-0.4, -0.2) is 16.7 Å². The number of aliphatic hydroxyl groups is 1. The van der Waals surface area contributed by atoms with Crippen LogP contribution >= 0.6 is 15.9 Å². The van der Waals surface area contributed by atoms with Crippen molar-refractivity contribution in [1.29, 1.82) is 0 Å². The van der Waals surface area contributed by atoms with Gasteiger partial charge >= 0.3 is 0 Å². The number of pyridine rings is 1. The lowest BCUT2D eigenvalue weighted by atomic mass is 9.92. The zero-order valence-electron chi connectivity index (χ0n) is 7.71. The quantitative estimate of drug-likeness (QED) is 0.826. The lowest BCUT2D eigenvalue weighted by molar-refractivity contribution is 0.209. The van der Waals surface area contributed by atoms with Crippen molar-refractivity contribution in [2.24, 2.45) is 5.73 Å². The van der Waals surface area contributed by atoms with E-state index in [0.717, 1.165) is 15.6 Å². The summed E-state index contributed by atoms with van der Waals surface area (Å²) in [6.45, 7) is 3.64. The van der Waals surface area contributed by atoms with Crippen LogP contribution < -0.4 is 5.73 Å². The van der Waals surface area contributed by atoms with Gasteiger partial charge in [-0.05, 0) is 40.9 Å².